The first kappa shape index (κ1) is 18.4. The number of nitrogens with one attached hydrogen (secondary N) is 1. The van der Waals surface area contributed by atoms with Gasteiger partial charge in [-0.2, -0.15) is 0 Å². The number of para-hydroxylation sites is 1. The molecule has 0 saturated carbocycles. The van der Waals surface area contributed by atoms with Gasteiger partial charge in [-0.15, -0.1) is 0 Å². The summed E-state index contributed by atoms with van der Waals surface area (Å²) in [5.41, 5.74) is 2.32. The molecular formula is C20H21IN2O4. The Morgan fingerprint density at radius 2 is 2.19 bits per heavy atom. The lowest BCUT2D eigenvalue weighted by atomic mass is 10.0. The predicted molar refractivity (Wildman–Crippen MR) is 110 cm³/mol. The highest BCUT2D eigenvalue weighted by molar-refractivity contribution is 14.1. The number of fused-ring (bicyclic) bond motifs is 1. The Kier molecular flexibility index (Phi) is 5.14. The van der Waals surface area contributed by atoms with Gasteiger partial charge in [-0.05, 0) is 65.3 Å². The quantitative estimate of drug-likeness (QED) is 0.653. The molecule has 0 bridgehead atoms. The number of hydrogen-bond donors (Lipinski definition) is 2. The predicted octanol–water partition coefficient (Wildman–Crippen LogP) is 3.75. The second kappa shape index (κ2) is 7.55. The molecule has 2 heterocycles. The molecule has 1 amide bonds. The molecule has 0 radical (unpaired) electrons. The third-order valence-corrected chi connectivity index (χ3v) is 5.86. The van der Waals surface area contributed by atoms with Crippen molar-refractivity contribution in [2.45, 2.75) is 25.1 Å². The van der Waals surface area contributed by atoms with Crippen LogP contribution in [0.15, 0.2) is 36.4 Å². The lowest BCUT2D eigenvalue weighted by molar-refractivity contribution is 0.0426. The first-order valence-corrected chi connectivity index (χ1v) is 10.0. The lowest BCUT2D eigenvalue weighted by Gasteiger charge is -2.39. The van der Waals surface area contributed by atoms with Crippen LogP contribution in [0.3, 0.4) is 0 Å². The van der Waals surface area contributed by atoms with Crippen molar-refractivity contribution in [1.82, 2.24) is 4.90 Å². The molecule has 2 N–H and O–H groups in total. The Morgan fingerprint density at radius 3 is 2.93 bits per heavy atom. The van der Waals surface area contributed by atoms with Gasteiger partial charge >= 0.3 is 0 Å². The van der Waals surface area contributed by atoms with Crippen LogP contribution < -0.4 is 10.1 Å². The number of phenols is 1. The van der Waals surface area contributed by atoms with Crippen molar-refractivity contribution in [3.8, 4) is 11.5 Å². The van der Waals surface area contributed by atoms with Crippen molar-refractivity contribution in [2.24, 2.45) is 0 Å². The van der Waals surface area contributed by atoms with E-state index in [0.29, 0.717) is 21.4 Å². The number of methoxy groups -OCH3 is 1. The van der Waals surface area contributed by atoms with Gasteiger partial charge in [-0.3, -0.25) is 4.79 Å². The molecule has 27 heavy (non-hydrogen) atoms. The molecule has 2 atom stereocenters. The molecule has 2 aliphatic heterocycles. The van der Waals surface area contributed by atoms with Gasteiger partial charge in [0.1, 0.15) is 6.17 Å². The minimum atomic E-state index is -0.361. The van der Waals surface area contributed by atoms with Crippen LogP contribution in [-0.4, -0.2) is 42.3 Å². The molecule has 2 aliphatic rings. The maximum Gasteiger partial charge on any atom is 0.257 e. The van der Waals surface area contributed by atoms with E-state index in [2.05, 4.69) is 27.9 Å². The SMILES string of the molecule is COc1cc([C@H]2Nc3ccccc3C(=O)N2C[C@H]2CCCO2)cc(I)c1O. The van der Waals surface area contributed by atoms with Crippen LogP contribution in [0.5, 0.6) is 11.5 Å². The largest absolute Gasteiger partial charge is 0.504 e. The Balaban J connectivity index is 1.76. The molecule has 0 aliphatic carbocycles. The smallest absolute Gasteiger partial charge is 0.257 e. The summed E-state index contributed by atoms with van der Waals surface area (Å²) in [5.74, 6) is 0.476. The summed E-state index contributed by atoms with van der Waals surface area (Å²) in [5, 5.41) is 13.6. The maximum absolute atomic E-state index is 13.2. The standard InChI is InChI=1S/C20H21IN2O4/c1-26-17-10-12(9-15(21)18(17)24)19-22-16-7-3-2-6-14(16)20(25)23(19)11-13-5-4-8-27-13/h2-3,6-7,9-10,13,19,22,24H,4-5,8,11H2,1H3/t13-,19+/m1/s1. The third-order valence-electron chi connectivity index (χ3n) is 5.03. The molecule has 1 saturated heterocycles. The molecule has 2 aromatic carbocycles. The van der Waals surface area contributed by atoms with E-state index < -0.39 is 0 Å². The van der Waals surface area contributed by atoms with E-state index in [-0.39, 0.29) is 23.9 Å². The third kappa shape index (κ3) is 3.45. The molecule has 7 heteroatoms. The Morgan fingerprint density at radius 1 is 1.37 bits per heavy atom. The monoisotopic (exact) mass is 480 g/mol. The van der Waals surface area contributed by atoms with Gasteiger partial charge in [0.2, 0.25) is 0 Å². The highest BCUT2D eigenvalue weighted by atomic mass is 127. The van der Waals surface area contributed by atoms with Crippen LogP contribution in [0.4, 0.5) is 5.69 Å². The number of carbonyl (C=O) groups is 1. The van der Waals surface area contributed by atoms with Gasteiger partial charge in [0.25, 0.3) is 5.91 Å². The number of anilines is 1. The average molecular weight is 480 g/mol. The van der Waals surface area contributed by atoms with Crippen molar-refractivity contribution in [3.05, 3.63) is 51.1 Å². The summed E-state index contributed by atoms with van der Waals surface area (Å²) in [7, 11) is 1.52. The summed E-state index contributed by atoms with van der Waals surface area (Å²) < 4.78 is 11.8. The second-order valence-corrected chi connectivity index (χ2v) is 7.90. The highest BCUT2D eigenvalue weighted by Gasteiger charge is 2.35. The van der Waals surface area contributed by atoms with Gasteiger partial charge in [-0.1, -0.05) is 12.1 Å². The molecule has 2 aromatic rings. The summed E-state index contributed by atoms with van der Waals surface area (Å²) in [6.45, 7) is 1.26. The van der Waals surface area contributed by atoms with E-state index in [4.69, 9.17) is 9.47 Å². The Hall–Kier alpha value is -2.00. The van der Waals surface area contributed by atoms with Crippen LogP contribution in [0, 0.1) is 3.57 Å². The van der Waals surface area contributed by atoms with Crippen LogP contribution in [0.1, 0.15) is 34.9 Å². The molecule has 0 spiro atoms. The number of phenolic OH excluding ortho intramolecular Hbond substituents is 1. The average Bonchev–Trinajstić information content (AvgIpc) is 3.19. The summed E-state index contributed by atoms with van der Waals surface area (Å²) in [6.07, 6.45) is 1.65. The molecule has 6 nitrogen and oxygen atoms in total. The molecular weight excluding hydrogens is 459 g/mol. The number of amides is 1. The fourth-order valence-corrected chi connectivity index (χ4v) is 4.28. The zero-order chi connectivity index (χ0) is 19.0. The van der Waals surface area contributed by atoms with Crippen LogP contribution in [0.2, 0.25) is 0 Å². The Labute approximate surface area is 171 Å². The number of halogens is 1. The lowest BCUT2D eigenvalue weighted by Crippen LogP contribution is -2.46. The number of hydrogen-bond acceptors (Lipinski definition) is 5. The zero-order valence-electron chi connectivity index (χ0n) is 14.9. The minimum Gasteiger partial charge on any atom is -0.504 e. The molecule has 142 valence electrons. The second-order valence-electron chi connectivity index (χ2n) is 6.74. The number of nitrogens with zero attached hydrogens (tertiary/aromatic N) is 1. The van der Waals surface area contributed by atoms with Crippen LogP contribution in [-0.2, 0) is 4.74 Å². The topological polar surface area (TPSA) is 71.0 Å². The molecule has 0 unspecified atom stereocenters. The van der Waals surface area contributed by atoms with Gasteiger partial charge in [0.05, 0.1) is 22.3 Å². The van der Waals surface area contributed by atoms with Crippen molar-refractivity contribution >= 4 is 34.2 Å². The van der Waals surface area contributed by atoms with Gasteiger partial charge in [0, 0.05) is 18.8 Å². The summed E-state index contributed by atoms with van der Waals surface area (Å²) >= 11 is 2.07. The van der Waals surface area contributed by atoms with Crippen LogP contribution >= 0.6 is 22.6 Å². The van der Waals surface area contributed by atoms with Crippen molar-refractivity contribution in [2.75, 3.05) is 25.6 Å². The Bertz CT molecular complexity index is 867. The van der Waals surface area contributed by atoms with E-state index in [9.17, 15) is 9.90 Å². The zero-order valence-corrected chi connectivity index (χ0v) is 17.1. The fraction of sp³-hybridized carbons (Fsp3) is 0.350. The van der Waals surface area contributed by atoms with Crippen LogP contribution in [0.25, 0.3) is 0 Å². The highest BCUT2D eigenvalue weighted by Crippen LogP contribution is 2.39. The van der Waals surface area contributed by atoms with Crippen molar-refractivity contribution in [1.29, 1.82) is 0 Å². The van der Waals surface area contributed by atoms with E-state index >= 15 is 0 Å². The number of ether oxygens (including phenoxy) is 2. The van der Waals surface area contributed by atoms with Crippen molar-refractivity contribution in [3.63, 3.8) is 0 Å². The normalized spacial score (nSPS) is 21.7. The molecule has 4 rings (SSSR count). The first-order valence-electron chi connectivity index (χ1n) is 8.93. The fourth-order valence-electron chi connectivity index (χ4n) is 3.66. The first-order chi connectivity index (χ1) is 13.1. The van der Waals surface area contributed by atoms with Gasteiger partial charge < -0.3 is 24.8 Å². The van der Waals surface area contributed by atoms with Gasteiger partial charge in [-0.25, -0.2) is 0 Å². The number of rotatable bonds is 4. The number of carbonyl (C=O) groups excluding carboxylic acids is 1. The van der Waals surface area contributed by atoms with Crippen molar-refractivity contribution < 1.29 is 19.4 Å². The number of benzene rings is 2. The van der Waals surface area contributed by atoms with E-state index in [1.165, 1.54) is 7.11 Å². The molecule has 0 aromatic heterocycles. The molecule has 1 fully saturated rings. The minimum absolute atomic E-state index is 0.0214. The van der Waals surface area contributed by atoms with E-state index in [1.807, 2.05) is 35.2 Å². The summed E-state index contributed by atoms with van der Waals surface area (Å²) in [4.78, 5) is 15.1. The number of aromatic hydroxyl groups is 1. The summed E-state index contributed by atoms with van der Waals surface area (Å²) in [6, 6.07) is 11.2. The van der Waals surface area contributed by atoms with E-state index in [1.54, 1.807) is 6.07 Å². The van der Waals surface area contributed by atoms with Gasteiger partial charge in [0.15, 0.2) is 11.5 Å². The van der Waals surface area contributed by atoms with E-state index in [0.717, 1.165) is 30.7 Å². The maximum atomic E-state index is 13.2.